The van der Waals surface area contributed by atoms with Crippen molar-refractivity contribution in [1.82, 2.24) is 0 Å². The molecule has 2 aliphatic rings. The van der Waals surface area contributed by atoms with E-state index < -0.39 is 0 Å². The molecule has 2 atom stereocenters. The van der Waals surface area contributed by atoms with Crippen molar-refractivity contribution in [2.45, 2.75) is 51.1 Å². The van der Waals surface area contributed by atoms with Crippen LogP contribution < -0.4 is 0 Å². The van der Waals surface area contributed by atoms with Crippen molar-refractivity contribution in [2.75, 3.05) is 26.4 Å². The topological polar surface area (TPSA) is 60.7 Å². The molecule has 0 aromatic carbocycles. The lowest BCUT2D eigenvalue weighted by Crippen LogP contribution is -2.28. The largest absolute Gasteiger partial charge is 0.353 e. The van der Waals surface area contributed by atoms with Crippen LogP contribution in [0.3, 0.4) is 0 Å². The van der Waals surface area contributed by atoms with Gasteiger partial charge in [-0.2, -0.15) is 5.26 Å². The monoisotopic (exact) mass is 269 g/mol. The molecule has 0 aromatic heterocycles. The minimum absolute atomic E-state index is 0.143. The Bertz CT molecular complexity index is 258. The maximum absolute atomic E-state index is 9.09. The zero-order valence-electron chi connectivity index (χ0n) is 11.4. The van der Waals surface area contributed by atoms with Crippen molar-refractivity contribution in [3.63, 3.8) is 0 Å². The zero-order valence-corrected chi connectivity index (χ0v) is 11.4. The second-order valence-corrected chi connectivity index (χ2v) is 5.08. The maximum Gasteiger partial charge on any atom is 0.157 e. The van der Waals surface area contributed by atoms with Crippen LogP contribution >= 0.6 is 0 Å². The third kappa shape index (κ3) is 5.45. The molecule has 0 amide bonds. The Labute approximate surface area is 114 Å². The first kappa shape index (κ1) is 14.7. The second-order valence-electron chi connectivity index (χ2n) is 5.08. The van der Waals surface area contributed by atoms with Crippen LogP contribution in [0, 0.1) is 17.2 Å². The van der Waals surface area contributed by atoms with Crippen LogP contribution in [-0.2, 0) is 18.9 Å². The molecule has 0 saturated carbocycles. The van der Waals surface area contributed by atoms with Crippen LogP contribution in [0.1, 0.15) is 38.5 Å². The second kappa shape index (κ2) is 8.49. The molecular weight excluding hydrogens is 246 g/mol. The lowest BCUT2D eigenvalue weighted by molar-refractivity contribution is -0.185. The van der Waals surface area contributed by atoms with Gasteiger partial charge in [-0.1, -0.05) is 0 Å². The number of nitrogens with zero attached hydrogens (tertiary/aromatic N) is 1. The molecule has 2 rings (SSSR count). The lowest BCUT2D eigenvalue weighted by Gasteiger charge is -2.25. The quantitative estimate of drug-likeness (QED) is 0.740. The lowest BCUT2D eigenvalue weighted by atomic mass is 10.2. The molecule has 19 heavy (non-hydrogen) atoms. The Balaban J connectivity index is 1.60. The summed E-state index contributed by atoms with van der Waals surface area (Å²) in [5.74, 6) is -0.254. The van der Waals surface area contributed by atoms with Gasteiger partial charge in [0.05, 0.1) is 25.2 Å². The summed E-state index contributed by atoms with van der Waals surface area (Å²) in [4.78, 5) is 0. The van der Waals surface area contributed by atoms with E-state index in [-0.39, 0.29) is 18.5 Å². The highest BCUT2D eigenvalue weighted by Gasteiger charge is 2.19. The third-order valence-electron chi connectivity index (χ3n) is 3.42. The van der Waals surface area contributed by atoms with Crippen molar-refractivity contribution < 1.29 is 18.9 Å². The standard InChI is InChI=1S/C14H23NO4/c15-9-12(10-18-13-5-1-3-7-16-13)11-19-14-6-2-4-8-17-14/h12-14H,1-8,10-11H2. The fourth-order valence-electron chi connectivity index (χ4n) is 2.25. The Kier molecular flexibility index (Phi) is 6.58. The molecule has 0 aliphatic carbocycles. The van der Waals surface area contributed by atoms with E-state index in [1.54, 1.807) is 0 Å². The van der Waals surface area contributed by atoms with Crippen molar-refractivity contribution in [3.05, 3.63) is 0 Å². The summed E-state index contributed by atoms with van der Waals surface area (Å²) in [5.41, 5.74) is 0. The highest BCUT2D eigenvalue weighted by molar-refractivity contribution is 4.82. The van der Waals surface area contributed by atoms with Crippen molar-refractivity contribution >= 4 is 0 Å². The summed E-state index contributed by atoms with van der Waals surface area (Å²) in [7, 11) is 0. The molecular formula is C14H23NO4. The molecule has 0 spiro atoms. The summed E-state index contributed by atoms with van der Waals surface area (Å²) in [6.45, 7) is 2.25. The van der Waals surface area contributed by atoms with Crippen molar-refractivity contribution in [1.29, 1.82) is 5.26 Å². The number of hydrogen-bond donors (Lipinski definition) is 0. The average Bonchev–Trinajstić information content (AvgIpc) is 2.49. The molecule has 2 aliphatic heterocycles. The Morgan fingerprint density at radius 3 is 1.84 bits per heavy atom. The molecule has 108 valence electrons. The van der Waals surface area contributed by atoms with Crippen LogP contribution in [0.2, 0.25) is 0 Å². The number of ether oxygens (including phenoxy) is 4. The van der Waals surface area contributed by atoms with Gasteiger partial charge in [0.2, 0.25) is 0 Å². The van der Waals surface area contributed by atoms with Crippen LogP contribution in [0.4, 0.5) is 0 Å². The summed E-state index contributed by atoms with van der Waals surface area (Å²) >= 11 is 0. The molecule has 5 heteroatoms. The fourth-order valence-corrected chi connectivity index (χ4v) is 2.25. The SMILES string of the molecule is N#CC(COC1CCCCO1)COC1CCCCO1. The summed E-state index contributed by atoms with van der Waals surface area (Å²) in [5, 5.41) is 9.09. The first-order valence-corrected chi connectivity index (χ1v) is 7.24. The van der Waals surface area contributed by atoms with Gasteiger partial charge in [-0.05, 0) is 38.5 Å². The molecule has 0 radical (unpaired) electrons. The third-order valence-corrected chi connectivity index (χ3v) is 3.42. The summed E-state index contributed by atoms with van der Waals surface area (Å²) in [6.07, 6.45) is 6.02. The molecule has 0 aromatic rings. The van der Waals surface area contributed by atoms with Gasteiger partial charge in [0.25, 0.3) is 0 Å². The van der Waals surface area contributed by atoms with Crippen LogP contribution in [0.5, 0.6) is 0 Å². The van der Waals surface area contributed by atoms with E-state index in [4.69, 9.17) is 24.2 Å². The minimum Gasteiger partial charge on any atom is -0.353 e. The Morgan fingerprint density at radius 2 is 1.47 bits per heavy atom. The van der Waals surface area contributed by atoms with Gasteiger partial charge in [0.1, 0.15) is 0 Å². The van der Waals surface area contributed by atoms with E-state index in [0.29, 0.717) is 13.2 Å². The van der Waals surface area contributed by atoms with E-state index in [9.17, 15) is 0 Å². The number of rotatable bonds is 6. The van der Waals surface area contributed by atoms with Crippen molar-refractivity contribution in [3.8, 4) is 6.07 Å². The minimum atomic E-state index is -0.254. The first-order valence-electron chi connectivity index (χ1n) is 7.24. The Morgan fingerprint density at radius 1 is 0.947 bits per heavy atom. The normalized spacial score (nSPS) is 29.6. The highest BCUT2D eigenvalue weighted by atomic mass is 16.7. The number of hydrogen-bond acceptors (Lipinski definition) is 5. The molecule has 2 fully saturated rings. The molecule has 2 unspecified atom stereocenters. The van der Waals surface area contributed by atoms with E-state index in [1.165, 1.54) is 0 Å². The zero-order chi connectivity index (χ0) is 13.3. The van der Waals surface area contributed by atoms with Crippen LogP contribution in [-0.4, -0.2) is 39.0 Å². The predicted octanol–water partition coefficient (Wildman–Crippen LogP) is 2.21. The van der Waals surface area contributed by atoms with Gasteiger partial charge >= 0.3 is 0 Å². The molecule has 2 saturated heterocycles. The predicted molar refractivity (Wildman–Crippen MR) is 68.2 cm³/mol. The van der Waals surface area contributed by atoms with Gasteiger partial charge in [-0.3, -0.25) is 0 Å². The van der Waals surface area contributed by atoms with E-state index in [1.807, 2.05) is 0 Å². The van der Waals surface area contributed by atoms with Gasteiger partial charge in [0.15, 0.2) is 12.6 Å². The van der Waals surface area contributed by atoms with Crippen LogP contribution in [0.25, 0.3) is 0 Å². The van der Waals surface area contributed by atoms with Crippen molar-refractivity contribution in [2.24, 2.45) is 5.92 Å². The fraction of sp³-hybridized carbons (Fsp3) is 0.929. The highest BCUT2D eigenvalue weighted by Crippen LogP contribution is 2.17. The van der Waals surface area contributed by atoms with Gasteiger partial charge in [-0.25, -0.2) is 0 Å². The molecule has 0 N–H and O–H groups in total. The first-order chi connectivity index (χ1) is 9.38. The summed E-state index contributed by atoms with van der Waals surface area (Å²) in [6, 6.07) is 2.22. The molecule has 2 heterocycles. The van der Waals surface area contributed by atoms with E-state index >= 15 is 0 Å². The van der Waals surface area contributed by atoms with Gasteiger partial charge in [0, 0.05) is 13.2 Å². The van der Waals surface area contributed by atoms with Gasteiger partial charge in [-0.15, -0.1) is 0 Å². The van der Waals surface area contributed by atoms with Gasteiger partial charge < -0.3 is 18.9 Å². The van der Waals surface area contributed by atoms with Crippen LogP contribution in [0.15, 0.2) is 0 Å². The smallest absolute Gasteiger partial charge is 0.157 e. The average molecular weight is 269 g/mol. The molecule has 0 bridgehead atoms. The molecule has 5 nitrogen and oxygen atoms in total. The maximum atomic E-state index is 9.09. The van der Waals surface area contributed by atoms with E-state index in [2.05, 4.69) is 6.07 Å². The van der Waals surface area contributed by atoms with E-state index in [0.717, 1.165) is 51.7 Å². The number of nitriles is 1. The summed E-state index contributed by atoms with van der Waals surface area (Å²) < 4.78 is 22.2. The Hall–Kier alpha value is -0.670.